The second kappa shape index (κ2) is 7.44. The molecule has 0 spiro atoms. The van der Waals surface area contributed by atoms with E-state index in [4.69, 9.17) is 4.74 Å². The van der Waals surface area contributed by atoms with Crippen LogP contribution in [0, 0.1) is 5.92 Å². The van der Waals surface area contributed by atoms with E-state index in [1.807, 2.05) is 4.90 Å². The number of hydrogen-bond donors (Lipinski definition) is 0. The van der Waals surface area contributed by atoms with E-state index in [2.05, 4.69) is 4.40 Å². The first-order chi connectivity index (χ1) is 13.8. The normalized spacial score (nSPS) is 20.0. The number of ether oxygens (including phenoxy) is 1. The molecule has 0 aromatic heterocycles. The Kier molecular flexibility index (Phi) is 4.96. The van der Waals surface area contributed by atoms with Crippen molar-refractivity contribution in [3.63, 3.8) is 0 Å². The van der Waals surface area contributed by atoms with E-state index in [0.717, 1.165) is 6.42 Å². The predicted molar refractivity (Wildman–Crippen MR) is 107 cm³/mol. The number of Topliss-reactive ketones (excluding diaryl/α,β-unsaturated/α-hetero) is 1. The van der Waals surface area contributed by atoms with Gasteiger partial charge in [0, 0.05) is 24.2 Å². The number of carbonyl (C=O) groups excluding carboxylic acids is 2. The third kappa shape index (κ3) is 3.80. The molecule has 1 fully saturated rings. The van der Waals surface area contributed by atoms with Crippen molar-refractivity contribution in [1.82, 2.24) is 4.90 Å². The number of amidine groups is 1. The van der Waals surface area contributed by atoms with Gasteiger partial charge in [-0.2, -0.15) is 8.42 Å². The molecule has 2 aromatic carbocycles. The van der Waals surface area contributed by atoms with Crippen LogP contribution >= 0.6 is 0 Å². The van der Waals surface area contributed by atoms with E-state index in [-0.39, 0.29) is 16.6 Å². The smallest absolute Gasteiger partial charge is 0.316 e. The number of fused-ring (bicyclic) bond motifs is 1. The first-order valence-electron chi connectivity index (χ1n) is 9.37. The zero-order chi connectivity index (χ0) is 20.6. The number of nitrogens with zero attached hydrogens (tertiary/aromatic N) is 2. The topological polar surface area (TPSA) is 93.1 Å². The van der Waals surface area contributed by atoms with E-state index in [9.17, 15) is 18.0 Å². The molecule has 0 unspecified atom stereocenters. The number of piperidine rings is 1. The van der Waals surface area contributed by atoms with Crippen LogP contribution in [0.1, 0.15) is 35.7 Å². The van der Waals surface area contributed by atoms with Gasteiger partial charge in [0.05, 0.1) is 5.92 Å². The lowest BCUT2D eigenvalue weighted by atomic mass is 9.97. The molecule has 0 saturated carbocycles. The molecule has 7 nitrogen and oxygen atoms in total. The van der Waals surface area contributed by atoms with Crippen molar-refractivity contribution < 1.29 is 22.7 Å². The average Bonchev–Trinajstić information content (AvgIpc) is 3.00. The Morgan fingerprint density at radius 1 is 1.10 bits per heavy atom. The minimum Gasteiger partial charge on any atom is -0.426 e. The molecule has 1 atom stereocenters. The summed E-state index contributed by atoms with van der Waals surface area (Å²) in [5.74, 6) is -0.0556. The first kappa shape index (κ1) is 19.3. The van der Waals surface area contributed by atoms with Gasteiger partial charge in [-0.25, -0.2) is 0 Å². The third-order valence-corrected chi connectivity index (χ3v) is 6.47. The Morgan fingerprint density at radius 2 is 1.83 bits per heavy atom. The Morgan fingerprint density at radius 3 is 2.55 bits per heavy atom. The van der Waals surface area contributed by atoms with E-state index in [1.165, 1.54) is 6.92 Å². The predicted octanol–water partition coefficient (Wildman–Crippen LogP) is 2.66. The Bertz CT molecular complexity index is 1110. The SMILES string of the molecule is CC(=O)c1ccc(OC(=O)[C@@H]2CCCN(C3=NS(=O)(=O)c4ccccc43)C2)cc1. The van der Waals surface area contributed by atoms with Crippen molar-refractivity contribution in [2.45, 2.75) is 24.7 Å². The third-order valence-electron chi connectivity index (χ3n) is 5.15. The van der Waals surface area contributed by atoms with Gasteiger partial charge in [-0.05, 0) is 56.2 Å². The molecule has 0 aliphatic carbocycles. The fraction of sp³-hybridized carbons (Fsp3) is 0.286. The molecule has 0 bridgehead atoms. The molecule has 29 heavy (non-hydrogen) atoms. The van der Waals surface area contributed by atoms with Crippen LogP contribution in [-0.2, 0) is 14.8 Å². The summed E-state index contributed by atoms with van der Waals surface area (Å²) < 4.78 is 34.0. The van der Waals surface area contributed by atoms with Crippen LogP contribution in [-0.4, -0.2) is 44.0 Å². The number of likely N-dealkylation sites (tertiary alicyclic amines) is 1. The molecule has 0 radical (unpaired) electrons. The minimum atomic E-state index is -3.70. The maximum Gasteiger partial charge on any atom is 0.316 e. The van der Waals surface area contributed by atoms with Gasteiger partial charge in [0.2, 0.25) is 0 Å². The maximum absolute atomic E-state index is 12.6. The minimum absolute atomic E-state index is 0.0571. The zero-order valence-electron chi connectivity index (χ0n) is 15.9. The standard InChI is InChI=1S/C21H20N2O5S/c1-14(24)15-8-10-17(11-9-15)28-21(25)16-5-4-12-23(13-16)20-18-6-2-3-7-19(18)29(26,27)22-20/h2-3,6-11,16H,4-5,12-13H2,1H3/t16-/m1/s1. The summed E-state index contributed by atoms with van der Waals surface area (Å²) in [7, 11) is -3.70. The van der Waals surface area contributed by atoms with Crippen molar-refractivity contribution in [3.8, 4) is 5.75 Å². The Hall–Kier alpha value is -3.00. The lowest BCUT2D eigenvalue weighted by molar-refractivity contribution is -0.140. The number of benzene rings is 2. The molecule has 2 aliphatic heterocycles. The summed E-state index contributed by atoms with van der Waals surface area (Å²) in [4.78, 5) is 26.0. The van der Waals surface area contributed by atoms with Crippen LogP contribution in [0.3, 0.4) is 0 Å². The van der Waals surface area contributed by atoms with Crippen LogP contribution in [0.5, 0.6) is 5.75 Å². The molecule has 0 amide bonds. The number of esters is 1. The molecular formula is C21H20N2O5S. The van der Waals surface area contributed by atoms with Crippen molar-refractivity contribution in [1.29, 1.82) is 0 Å². The molecule has 8 heteroatoms. The van der Waals surface area contributed by atoms with Gasteiger partial charge < -0.3 is 9.64 Å². The van der Waals surface area contributed by atoms with Crippen LogP contribution in [0.25, 0.3) is 0 Å². The lowest BCUT2D eigenvalue weighted by Crippen LogP contribution is -2.43. The first-order valence-corrected chi connectivity index (χ1v) is 10.8. The highest BCUT2D eigenvalue weighted by Gasteiger charge is 2.35. The summed E-state index contributed by atoms with van der Waals surface area (Å²) in [6.07, 6.45) is 1.38. The maximum atomic E-state index is 12.6. The van der Waals surface area contributed by atoms with Crippen molar-refractivity contribution in [2.75, 3.05) is 13.1 Å². The Labute approximate surface area is 169 Å². The second-order valence-electron chi connectivity index (χ2n) is 7.17. The van der Waals surface area contributed by atoms with Crippen molar-refractivity contribution in [3.05, 3.63) is 59.7 Å². The van der Waals surface area contributed by atoms with Crippen LogP contribution in [0.4, 0.5) is 0 Å². The van der Waals surface area contributed by atoms with Crippen molar-refractivity contribution >= 4 is 27.6 Å². The van der Waals surface area contributed by atoms with Crippen LogP contribution in [0.2, 0.25) is 0 Å². The largest absolute Gasteiger partial charge is 0.426 e. The fourth-order valence-corrected chi connectivity index (χ4v) is 4.86. The van der Waals surface area contributed by atoms with Crippen LogP contribution < -0.4 is 4.74 Å². The van der Waals surface area contributed by atoms with Gasteiger partial charge in [-0.15, -0.1) is 4.40 Å². The molecule has 150 valence electrons. The van der Waals surface area contributed by atoms with E-state index in [1.54, 1.807) is 48.5 Å². The second-order valence-corrected chi connectivity index (χ2v) is 8.75. The highest BCUT2D eigenvalue weighted by molar-refractivity contribution is 7.90. The molecule has 2 heterocycles. The highest BCUT2D eigenvalue weighted by Crippen LogP contribution is 2.30. The van der Waals surface area contributed by atoms with Gasteiger partial charge in [0.25, 0.3) is 10.0 Å². The molecule has 0 N–H and O–H groups in total. The summed E-state index contributed by atoms with van der Waals surface area (Å²) in [5.41, 5.74) is 1.12. The van der Waals surface area contributed by atoms with Gasteiger partial charge >= 0.3 is 5.97 Å². The van der Waals surface area contributed by atoms with E-state index in [0.29, 0.717) is 42.2 Å². The number of carbonyl (C=O) groups is 2. The van der Waals surface area contributed by atoms with Gasteiger partial charge in [-0.1, -0.05) is 12.1 Å². The molecule has 2 aliphatic rings. The average molecular weight is 412 g/mol. The lowest BCUT2D eigenvalue weighted by Gasteiger charge is -2.32. The monoisotopic (exact) mass is 412 g/mol. The van der Waals surface area contributed by atoms with Gasteiger partial charge in [-0.3, -0.25) is 9.59 Å². The number of rotatable bonds is 3. The Balaban J connectivity index is 1.49. The van der Waals surface area contributed by atoms with Crippen LogP contribution in [0.15, 0.2) is 57.8 Å². The number of ketones is 1. The summed E-state index contributed by atoms with van der Waals surface area (Å²) in [6, 6.07) is 13.1. The zero-order valence-corrected chi connectivity index (χ0v) is 16.7. The number of hydrogen-bond acceptors (Lipinski definition) is 6. The molecule has 1 saturated heterocycles. The quantitative estimate of drug-likeness (QED) is 0.437. The fourth-order valence-electron chi connectivity index (χ4n) is 3.64. The van der Waals surface area contributed by atoms with E-state index >= 15 is 0 Å². The molecular weight excluding hydrogens is 392 g/mol. The van der Waals surface area contributed by atoms with Gasteiger partial charge in [0.15, 0.2) is 11.6 Å². The number of sulfonamides is 1. The molecule has 4 rings (SSSR count). The highest BCUT2D eigenvalue weighted by atomic mass is 32.2. The summed E-state index contributed by atoms with van der Waals surface area (Å²) >= 11 is 0. The van der Waals surface area contributed by atoms with Gasteiger partial charge in [0.1, 0.15) is 10.6 Å². The van der Waals surface area contributed by atoms with Crippen molar-refractivity contribution in [2.24, 2.45) is 10.3 Å². The summed E-state index contributed by atoms with van der Waals surface area (Å²) in [5, 5.41) is 0. The van der Waals surface area contributed by atoms with E-state index < -0.39 is 15.9 Å². The molecule has 2 aromatic rings. The summed E-state index contributed by atoms with van der Waals surface area (Å²) in [6.45, 7) is 2.44.